The lowest BCUT2D eigenvalue weighted by Gasteiger charge is -2.03. The zero-order chi connectivity index (χ0) is 10.3. The average molecular weight is 198 g/mol. The van der Waals surface area contributed by atoms with Crippen LogP contribution >= 0.6 is 0 Å². The molecule has 0 amide bonds. The van der Waals surface area contributed by atoms with Crippen molar-refractivity contribution in [3.05, 3.63) is 35.8 Å². The minimum absolute atomic E-state index is 0.00130. The van der Waals surface area contributed by atoms with Gasteiger partial charge >= 0.3 is 0 Å². The summed E-state index contributed by atoms with van der Waals surface area (Å²) in [5.74, 6) is -4.36. The van der Waals surface area contributed by atoms with Crippen molar-refractivity contribution in [2.75, 3.05) is 5.73 Å². The lowest BCUT2D eigenvalue weighted by molar-refractivity contribution is 0.435. The number of halogens is 3. The summed E-state index contributed by atoms with van der Waals surface area (Å²) in [5.41, 5.74) is 5.44. The molecule has 0 unspecified atom stereocenters. The van der Waals surface area contributed by atoms with E-state index in [1.165, 1.54) is 18.2 Å². The topological polar surface area (TPSA) is 38.9 Å². The van der Waals surface area contributed by atoms with Gasteiger partial charge in [-0.1, -0.05) is 6.07 Å². The fourth-order valence-electron chi connectivity index (χ4n) is 1.24. The number of aromatic nitrogens is 1. The van der Waals surface area contributed by atoms with E-state index in [2.05, 4.69) is 4.98 Å². The zero-order valence-electron chi connectivity index (χ0n) is 6.89. The van der Waals surface area contributed by atoms with Crippen LogP contribution in [0.3, 0.4) is 0 Å². The summed E-state index contributed by atoms with van der Waals surface area (Å²) in [6.07, 6.45) is 0. The fourth-order valence-corrected chi connectivity index (χ4v) is 1.24. The van der Waals surface area contributed by atoms with E-state index in [9.17, 15) is 13.2 Å². The molecular formula is C9H5F3N2. The molecule has 14 heavy (non-hydrogen) atoms. The standard InChI is InChI=1S/C9H5F3N2/c10-7-6-4(13)2-1-3-5(6)14-9(12)8(7)11/h1-3H,13H2. The van der Waals surface area contributed by atoms with Gasteiger partial charge in [0.05, 0.1) is 10.9 Å². The van der Waals surface area contributed by atoms with Crippen LogP contribution in [0.25, 0.3) is 10.9 Å². The molecule has 1 aromatic heterocycles. The predicted octanol–water partition coefficient (Wildman–Crippen LogP) is 2.23. The van der Waals surface area contributed by atoms with Gasteiger partial charge in [0.2, 0.25) is 5.82 Å². The predicted molar refractivity (Wildman–Crippen MR) is 46.0 cm³/mol. The summed E-state index contributed by atoms with van der Waals surface area (Å²) in [4.78, 5) is 3.24. The highest BCUT2D eigenvalue weighted by atomic mass is 19.2. The first kappa shape index (κ1) is 8.80. The molecule has 0 aliphatic carbocycles. The van der Waals surface area contributed by atoms with Crippen LogP contribution in [0.1, 0.15) is 0 Å². The molecule has 2 N–H and O–H groups in total. The minimum Gasteiger partial charge on any atom is -0.398 e. The van der Waals surface area contributed by atoms with E-state index in [4.69, 9.17) is 5.73 Å². The van der Waals surface area contributed by atoms with E-state index in [0.717, 1.165) is 0 Å². The first-order valence-electron chi connectivity index (χ1n) is 3.80. The van der Waals surface area contributed by atoms with Crippen LogP contribution in [-0.4, -0.2) is 4.98 Å². The van der Waals surface area contributed by atoms with Crippen LogP contribution in [-0.2, 0) is 0 Å². The lowest BCUT2D eigenvalue weighted by atomic mass is 10.2. The van der Waals surface area contributed by atoms with Crippen molar-refractivity contribution in [1.82, 2.24) is 4.98 Å². The van der Waals surface area contributed by atoms with E-state index in [1.54, 1.807) is 0 Å². The maximum Gasteiger partial charge on any atom is 0.252 e. The third-order valence-electron chi connectivity index (χ3n) is 1.89. The summed E-state index contributed by atoms with van der Waals surface area (Å²) in [6.45, 7) is 0. The van der Waals surface area contributed by atoms with E-state index in [0.29, 0.717) is 0 Å². The van der Waals surface area contributed by atoms with Crippen molar-refractivity contribution in [3.8, 4) is 0 Å². The number of pyridine rings is 1. The van der Waals surface area contributed by atoms with Crippen molar-refractivity contribution in [2.45, 2.75) is 0 Å². The third-order valence-corrected chi connectivity index (χ3v) is 1.89. The number of nitrogens with two attached hydrogens (primary N) is 1. The third kappa shape index (κ3) is 1.09. The molecule has 0 aliphatic heterocycles. The molecule has 1 heterocycles. The van der Waals surface area contributed by atoms with Crippen molar-refractivity contribution in [3.63, 3.8) is 0 Å². The number of hydrogen-bond donors (Lipinski definition) is 1. The molecule has 2 nitrogen and oxygen atoms in total. The van der Waals surface area contributed by atoms with E-state index in [1.807, 2.05) is 0 Å². The van der Waals surface area contributed by atoms with Crippen molar-refractivity contribution in [1.29, 1.82) is 0 Å². The second-order valence-corrected chi connectivity index (χ2v) is 2.77. The Labute approximate surface area is 77.2 Å². The summed E-state index contributed by atoms with van der Waals surface area (Å²) in [7, 11) is 0. The maximum absolute atomic E-state index is 13.2. The van der Waals surface area contributed by atoms with Crippen LogP contribution in [0, 0.1) is 17.6 Å². The first-order chi connectivity index (χ1) is 6.61. The van der Waals surface area contributed by atoms with Crippen molar-refractivity contribution in [2.24, 2.45) is 0 Å². The van der Waals surface area contributed by atoms with Crippen molar-refractivity contribution >= 4 is 16.6 Å². The van der Waals surface area contributed by atoms with Gasteiger partial charge in [0.15, 0.2) is 5.82 Å². The van der Waals surface area contributed by atoms with Gasteiger partial charge in [0.25, 0.3) is 5.95 Å². The Morgan fingerprint density at radius 1 is 1.07 bits per heavy atom. The highest BCUT2D eigenvalue weighted by Gasteiger charge is 2.16. The summed E-state index contributed by atoms with van der Waals surface area (Å²) in [6, 6.07) is 4.24. The summed E-state index contributed by atoms with van der Waals surface area (Å²) >= 11 is 0. The number of benzene rings is 1. The molecule has 2 rings (SSSR count). The maximum atomic E-state index is 13.2. The van der Waals surface area contributed by atoms with Gasteiger partial charge in [-0.15, -0.1) is 0 Å². The molecule has 5 heteroatoms. The highest BCUT2D eigenvalue weighted by Crippen LogP contribution is 2.24. The molecule has 72 valence electrons. The summed E-state index contributed by atoms with van der Waals surface area (Å²) < 4.78 is 38.6. The van der Waals surface area contributed by atoms with Crippen molar-refractivity contribution < 1.29 is 13.2 Å². The largest absolute Gasteiger partial charge is 0.398 e. The fraction of sp³-hybridized carbons (Fsp3) is 0. The first-order valence-corrected chi connectivity index (χ1v) is 3.80. The van der Waals surface area contributed by atoms with E-state index in [-0.39, 0.29) is 16.6 Å². The quantitative estimate of drug-likeness (QED) is 0.520. The molecule has 1 aromatic carbocycles. The van der Waals surface area contributed by atoms with Crippen LogP contribution in [0.15, 0.2) is 18.2 Å². The molecule has 0 bridgehead atoms. The number of anilines is 1. The van der Waals surface area contributed by atoms with Crippen LogP contribution in [0.2, 0.25) is 0 Å². The number of rotatable bonds is 0. The van der Waals surface area contributed by atoms with Gasteiger partial charge in [0.1, 0.15) is 0 Å². The highest BCUT2D eigenvalue weighted by molar-refractivity contribution is 5.90. The Hall–Kier alpha value is -1.78. The Morgan fingerprint density at radius 2 is 1.79 bits per heavy atom. The Morgan fingerprint density at radius 3 is 2.50 bits per heavy atom. The van der Waals surface area contributed by atoms with Gasteiger partial charge in [0, 0.05) is 5.69 Å². The average Bonchev–Trinajstić information content (AvgIpc) is 2.14. The van der Waals surface area contributed by atoms with E-state index < -0.39 is 17.6 Å². The molecule has 0 saturated heterocycles. The second-order valence-electron chi connectivity index (χ2n) is 2.77. The monoisotopic (exact) mass is 198 g/mol. The van der Waals surface area contributed by atoms with Gasteiger partial charge in [-0.3, -0.25) is 0 Å². The minimum atomic E-state index is -1.60. The van der Waals surface area contributed by atoms with E-state index >= 15 is 0 Å². The molecule has 0 atom stereocenters. The van der Waals surface area contributed by atoms with Crippen LogP contribution in [0.4, 0.5) is 18.9 Å². The number of nitrogen functional groups attached to an aromatic ring is 1. The number of fused-ring (bicyclic) bond motifs is 1. The van der Waals surface area contributed by atoms with Gasteiger partial charge < -0.3 is 5.73 Å². The smallest absolute Gasteiger partial charge is 0.252 e. The second kappa shape index (κ2) is 2.87. The normalized spacial score (nSPS) is 10.8. The van der Waals surface area contributed by atoms with Gasteiger partial charge in [-0.2, -0.15) is 8.78 Å². The summed E-state index contributed by atoms with van der Waals surface area (Å²) in [5, 5.41) is -0.189. The Balaban J connectivity index is 2.99. The number of nitrogens with zero attached hydrogens (tertiary/aromatic N) is 1. The van der Waals surface area contributed by atoms with Gasteiger partial charge in [-0.25, -0.2) is 9.37 Å². The molecule has 0 aliphatic rings. The molecular weight excluding hydrogens is 193 g/mol. The van der Waals surface area contributed by atoms with Crippen LogP contribution < -0.4 is 5.73 Å². The van der Waals surface area contributed by atoms with Gasteiger partial charge in [-0.05, 0) is 12.1 Å². The molecule has 0 radical (unpaired) electrons. The molecule has 2 aromatic rings. The van der Waals surface area contributed by atoms with Crippen LogP contribution in [0.5, 0.6) is 0 Å². The Kier molecular flexibility index (Phi) is 1.80. The zero-order valence-corrected chi connectivity index (χ0v) is 6.89. The molecule has 0 fully saturated rings. The lowest BCUT2D eigenvalue weighted by Crippen LogP contribution is -1.99. The Bertz CT molecular complexity index is 511. The SMILES string of the molecule is Nc1cccc2nc(F)c(F)c(F)c12. The molecule has 0 spiro atoms. The molecule has 0 saturated carbocycles. The number of hydrogen-bond acceptors (Lipinski definition) is 2.